The van der Waals surface area contributed by atoms with E-state index < -0.39 is 23.6 Å². The Labute approximate surface area is 189 Å². The SMILES string of the molecule is CCCN(OC(=O)N(C)[C@]1(c2ccccc2Cl)CCCCC1=O)[C@H](C(=O)OC)C(C)C. The zero-order chi connectivity index (χ0) is 23.2. The van der Waals surface area contributed by atoms with Crippen molar-refractivity contribution in [2.24, 2.45) is 5.92 Å². The number of likely N-dealkylation sites (N-methyl/N-ethyl adjacent to an activating group) is 1. The van der Waals surface area contributed by atoms with E-state index >= 15 is 0 Å². The second-order valence-corrected chi connectivity index (χ2v) is 8.65. The van der Waals surface area contributed by atoms with Crippen LogP contribution >= 0.6 is 11.6 Å². The minimum Gasteiger partial charge on any atom is -0.468 e. The molecule has 31 heavy (non-hydrogen) atoms. The molecule has 0 bridgehead atoms. The van der Waals surface area contributed by atoms with E-state index in [4.69, 9.17) is 21.2 Å². The zero-order valence-electron chi connectivity index (χ0n) is 19.0. The minimum absolute atomic E-state index is 0.0679. The van der Waals surface area contributed by atoms with Crippen LogP contribution in [0.3, 0.4) is 0 Å². The summed E-state index contributed by atoms with van der Waals surface area (Å²) in [5.74, 6) is -0.693. The molecule has 1 aliphatic carbocycles. The van der Waals surface area contributed by atoms with E-state index in [0.29, 0.717) is 36.4 Å². The zero-order valence-corrected chi connectivity index (χ0v) is 19.8. The van der Waals surface area contributed by atoms with Crippen LogP contribution < -0.4 is 0 Å². The maximum Gasteiger partial charge on any atom is 0.429 e. The number of carbonyl (C=O) groups excluding carboxylic acids is 3. The highest BCUT2D eigenvalue weighted by Crippen LogP contribution is 2.42. The maximum absolute atomic E-state index is 13.3. The summed E-state index contributed by atoms with van der Waals surface area (Å²) < 4.78 is 4.92. The van der Waals surface area contributed by atoms with Gasteiger partial charge in [0.05, 0.1) is 7.11 Å². The first-order valence-electron chi connectivity index (χ1n) is 10.8. The van der Waals surface area contributed by atoms with Gasteiger partial charge < -0.3 is 9.57 Å². The molecule has 172 valence electrons. The molecule has 2 rings (SSSR count). The Morgan fingerprint density at radius 1 is 1.23 bits per heavy atom. The van der Waals surface area contributed by atoms with Gasteiger partial charge in [0, 0.05) is 30.6 Å². The molecule has 2 atom stereocenters. The number of hydroxylamine groups is 2. The van der Waals surface area contributed by atoms with Crippen LogP contribution in [0, 0.1) is 5.92 Å². The fourth-order valence-corrected chi connectivity index (χ4v) is 4.54. The Bertz CT molecular complexity index is 800. The first-order valence-corrected chi connectivity index (χ1v) is 11.2. The predicted molar refractivity (Wildman–Crippen MR) is 118 cm³/mol. The summed E-state index contributed by atoms with van der Waals surface area (Å²) in [5.41, 5.74) is -0.610. The number of ketones is 1. The summed E-state index contributed by atoms with van der Waals surface area (Å²) in [6.45, 7) is 6.00. The summed E-state index contributed by atoms with van der Waals surface area (Å²) in [6, 6.07) is 6.34. The molecule has 1 aromatic rings. The molecular formula is C23H33ClN2O5. The van der Waals surface area contributed by atoms with E-state index in [1.807, 2.05) is 20.8 Å². The van der Waals surface area contributed by atoms with E-state index in [2.05, 4.69) is 0 Å². The highest BCUT2D eigenvalue weighted by Gasteiger charge is 2.49. The van der Waals surface area contributed by atoms with Crippen LogP contribution in [0.25, 0.3) is 0 Å². The monoisotopic (exact) mass is 452 g/mol. The quantitative estimate of drug-likeness (QED) is 0.424. The molecule has 0 spiro atoms. The van der Waals surface area contributed by atoms with Crippen LogP contribution in [-0.4, -0.2) is 54.6 Å². The molecule has 0 saturated heterocycles. The number of hydrogen-bond donors (Lipinski definition) is 0. The minimum atomic E-state index is -1.20. The predicted octanol–water partition coefficient (Wildman–Crippen LogP) is 4.57. The number of Topliss-reactive ketones (excluding diaryl/α,β-unsaturated/α-hetero) is 1. The Morgan fingerprint density at radius 2 is 1.90 bits per heavy atom. The van der Waals surface area contributed by atoms with Crippen molar-refractivity contribution in [2.45, 2.75) is 64.5 Å². The third kappa shape index (κ3) is 5.21. The molecule has 0 radical (unpaired) electrons. The highest BCUT2D eigenvalue weighted by atomic mass is 35.5. The first-order chi connectivity index (χ1) is 14.7. The lowest BCUT2D eigenvalue weighted by Gasteiger charge is -2.44. The van der Waals surface area contributed by atoms with Crippen molar-refractivity contribution in [2.75, 3.05) is 20.7 Å². The summed E-state index contributed by atoms with van der Waals surface area (Å²) in [7, 11) is 2.87. The van der Waals surface area contributed by atoms with Crippen molar-refractivity contribution in [3.63, 3.8) is 0 Å². The van der Waals surface area contributed by atoms with Crippen LogP contribution in [0.1, 0.15) is 58.4 Å². The first kappa shape index (κ1) is 25.1. The molecule has 0 aromatic heterocycles. The molecule has 0 unspecified atom stereocenters. The Hall–Kier alpha value is -2.12. The van der Waals surface area contributed by atoms with Crippen molar-refractivity contribution < 1.29 is 24.0 Å². The molecule has 8 heteroatoms. The fraction of sp³-hybridized carbons (Fsp3) is 0.609. The molecular weight excluding hydrogens is 420 g/mol. The van der Waals surface area contributed by atoms with E-state index in [1.54, 1.807) is 31.3 Å². The van der Waals surface area contributed by atoms with Gasteiger partial charge in [-0.1, -0.05) is 50.6 Å². The second-order valence-electron chi connectivity index (χ2n) is 8.24. The van der Waals surface area contributed by atoms with Crippen LogP contribution in [0.2, 0.25) is 5.02 Å². The van der Waals surface area contributed by atoms with Gasteiger partial charge in [-0.25, -0.2) is 4.79 Å². The number of nitrogens with zero attached hydrogens (tertiary/aromatic N) is 2. The molecule has 1 aliphatic rings. The molecule has 1 fully saturated rings. The number of esters is 1. The lowest BCUT2D eigenvalue weighted by Crippen LogP contribution is -2.56. The van der Waals surface area contributed by atoms with Gasteiger partial charge in [0.25, 0.3) is 0 Å². The number of hydrogen-bond acceptors (Lipinski definition) is 6. The highest BCUT2D eigenvalue weighted by molar-refractivity contribution is 6.31. The van der Waals surface area contributed by atoms with Crippen molar-refractivity contribution >= 4 is 29.4 Å². The van der Waals surface area contributed by atoms with Crippen molar-refractivity contribution in [1.29, 1.82) is 0 Å². The lowest BCUT2D eigenvalue weighted by atomic mass is 9.74. The molecule has 0 aliphatic heterocycles. The van der Waals surface area contributed by atoms with Gasteiger partial charge >= 0.3 is 12.1 Å². The summed E-state index contributed by atoms with van der Waals surface area (Å²) in [4.78, 5) is 46.0. The molecule has 1 saturated carbocycles. The smallest absolute Gasteiger partial charge is 0.429 e. The largest absolute Gasteiger partial charge is 0.468 e. The van der Waals surface area contributed by atoms with Gasteiger partial charge in [0.15, 0.2) is 5.78 Å². The van der Waals surface area contributed by atoms with E-state index in [0.717, 1.165) is 12.8 Å². The van der Waals surface area contributed by atoms with E-state index in [1.165, 1.54) is 17.1 Å². The topological polar surface area (TPSA) is 76.2 Å². The van der Waals surface area contributed by atoms with Gasteiger partial charge in [-0.05, 0) is 37.7 Å². The number of benzene rings is 1. The Kier molecular flexibility index (Phi) is 8.89. The van der Waals surface area contributed by atoms with Crippen molar-refractivity contribution in [1.82, 2.24) is 9.96 Å². The van der Waals surface area contributed by atoms with Crippen LogP contribution in [0.5, 0.6) is 0 Å². The molecule has 0 N–H and O–H groups in total. The van der Waals surface area contributed by atoms with Crippen molar-refractivity contribution in [3.8, 4) is 0 Å². The number of ether oxygens (including phenoxy) is 1. The summed E-state index contributed by atoms with van der Waals surface area (Å²) >= 11 is 6.47. The normalized spacial score (nSPS) is 19.9. The van der Waals surface area contributed by atoms with E-state index in [9.17, 15) is 14.4 Å². The Morgan fingerprint density at radius 3 is 2.45 bits per heavy atom. The average Bonchev–Trinajstić information content (AvgIpc) is 2.74. The molecule has 0 heterocycles. The summed E-state index contributed by atoms with van der Waals surface area (Å²) in [6.07, 6.45) is 2.32. The number of carbonyl (C=O) groups is 3. The van der Waals surface area contributed by atoms with Crippen LogP contribution in [0.15, 0.2) is 24.3 Å². The summed E-state index contributed by atoms with van der Waals surface area (Å²) in [5, 5.41) is 1.79. The second kappa shape index (κ2) is 11.0. The molecule has 1 aromatic carbocycles. The van der Waals surface area contributed by atoms with Gasteiger partial charge in [0.1, 0.15) is 11.6 Å². The van der Waals surface area contributed by atoms with E-state index in [-0.39, 0.29) is 11.7 Å². The fourth-order valence-electron chi connectivity index (χ4n) is 4.25. The number of halogens is 1. The molecule has 1 amide bonds. The average molecular weight is 453 g/mol. The third-order valence-corrected chi connectivity index (χ3v) is 6.17. The van der Waals surface area contributed by atoms with Gasteiger partial charge in [0.2, 0.25) is 0 Å². The van der Waals surface area contributed by atoms with Crippen LogP contribution in [-0.2, 0) is 24.7 Å². The number of rotatable bonds is 8. The van der Waals surface area contributed by atoms with Gasteiger partial charge in [-0.3, -0.25) is 14.5 Å². The molecule has 7 nitrogen and oxygen atoms in total. The number of methoxy groups -OCH3 is 1. The maximum atomic E-state index is 13.3. The van der Waals surface area contributed by atoms with Gasteiger partial charge in [-0.2, -0.15) is 0 Å². The van der Waals surface area contributed by atoms with Gasteiger partial charge in [-0.15, -0.1) is 5.06 Å². The standard InChI is InChI=1S/C23H33ClN2O5/c1-6-15-26(20(16(2)3)21(28)30-5)31-22(29)25(4)23(14-10-9-13-19(23)27)17-11-7-8-12-18(17)24/h7-8,11-12,16,20H,6,9-10,13-15H2,1-5H3/t20-,23-/m0/s1. The lowest BCUT2D eigenvalue weighted by molar-refractivity contribution is -0.184. The van der Waals surface area contributed by atoms with Crippen LogP contribution in [0.4, 0.5) is 4.79 Å². The van der Waals surface area contributed by atoms with Crippen molar-refractivity contribution in [3.05, 3.63) is 34.9 Å². The Balaban J connectivity index is 2.41. The number of amides is 1. The third-order valence-electron chi connectivity index (χ3n) is 5.84.